The number of rotatable bonds is 2. The van der Waals surface area contributed by atoms with Crippen molar-refractivity contribution in [3.63, 3.8) is 0 Å². The maximum absolute atomic E-state index is 5.65. The molecule has 0 radical (unpaired) electrons. The molecule has 1 heterocycles. The van der Waals surface area contributed by atoms with E-state index in [1.54, 1.807) is 0 Å². The molecule has 1 aromatic rings. The number of aromatic nitrogens is 2. The minimum Gasteiger partial charge on any atom is -0.331 e. The first-order valence-electron chi connectivity index (χ1n) is 5.53. The minimum absolute atomic E-state index is 0.555. The molecule has 3 nitrogen and oxygen atoms in total. The van der Waals surface area contributed by atoms with Gasteiger partial charge >= 0.3 is 0 Å². The highest BCUT2D eigenvalue weighted by molar-refractivity contribution is 4.95. The van der Waals surface area contributed by atoms with Gasteiger partial charge in [-0.3, -0.25) is 0 Å². The average molecular weight is 193 g/mol. The molecule has 0 amide bonds. The zero-order chi connectivity index (χ0) is 9.97. The smallest absolute Gasteiger partial charge is 0.122 e. The van der Waals surface area contributed by atoms with Crippen molar-refractivity contribution >= 4 is 0 Å². The van der Waals surface area contributed by atoms with Crippen molar-refractivity contribution in [3.8, 4) is 0 Å². The zero-order valence-electron chi connectivity index (χ0n) is 8.82. The van der Waals surface area contributed by atoms with Crippen molar-refractivity contribution in [2.45, 2.75) is 45.2 Å². The van der Waals surface area contributed by atoms with Gasteiger partial charge in [0.2, 0.25) is 0 Å². The summed E-state index contributed by atoms with van der Waals surface area (Å²) in [7, 11) is 0. The number of nitrogens with zero attached hydrogens (tertiary/aromatic N) is 2. The van der Waals surface area contributed by atoms with Gasteiger partial charge in [0, 0.05) is 18.4 Å². The maximum Gasteiger partial charge on any atom is 0.122 e. The van der Waals surface area contributed by atoms with Gasteiger partial charge in [-0.25, -0.2) is 4.98 Å². The summed E-state index contributed by atoms with van der Waals surface area (Å²) in [5.74, 6) is 1.93. The van der Waals surface area contributed by atoms with Crippen LogP contribution in [-0.4, -0.2) is 9.55 Å². The third-order valence-corrected chi connectivity index (χ3v) is 3.31. The quantitative estimate of drug-likeness (QED) is 0.781. The number of hydrogen-bond donors (Lipinski definition) is 1. The first kappa shape index (κ1) is 9.71. The summed E-state index contributed by atoms with van der Waals surface area (Å²) >= 11 is 0. The second-order valence-electron chi connectivity index (χ2n) is 4.37. The fraction of sp³-hybridized carbons (Fsp3) is 0.727. The Morgan fingerprint density at radius 1 is 1.43 bits per heavy atom. The molecule has 1 aliphatic carbocycles. The highest BCUT2D eigenvalue weighted by Crippen LogP contribution is 2.32. The second-order valence-corrected chi connectivity index (χ2v) is 4.37. The molecule has 14 heavy (non-hydrogen) atoms. The highest BCUT2D eigenvalue weighted by Gasteiger charge is 2.20. The van der Waals surface area contributed by atoms with Crippen molar-refractivity contribution in [2.75, 3.05) is 0 Å². The molecule has 3 heteroatoms. The lowest BCUT2D eigenvalue weighted by atomic mass is 9.87. The summed E-state index contributed by atoms with van der Waals surface area (Å²) in [6, 6.07) is 0.646. The lowest BCUT2D eigenvalue weighted by molar-refractivity contribution is 0.285. The van der Waals surface area contributed by atoms with Crippen LogP contribution in [-0.2, 0) is 6.54 Å². The Kier molecular flexibility index (Phi) is 2.87. The van der Waals surface area contributed by atoms with Crippen LogP contribution in [0.15, 0.2) is 12.4 Å². The van der Waals surface area contributed by atoms with Crippen LogP contribution in [0.25, 0.3) is 0 Å². The zero-order valence-corrected chi connectivity index (χ0v) is 8.82. The van der Waals surface area contributed by atoms with Gasteiger partial charge in [-0.1, -0.05) is 6.92 Å². The fourth-order valence-corrected chi connectivity index (χ4v) is 2.36. The SMILES string of the molecule is CC1CCC(n2ccnc2CN)CC1. The van der Waals surface area contributed by atoms with Crippen molar-refractivity contribution in [3.05, 3.63) is 18.2 Å². The molecule has 1 aromatic heterocycles. The van der Waals surface area contributed by atoms with Gasteiger partial charge in [0.15, 0.2) is 0 Å². The van der Waals surface area contributed by atoms with E-state index >= 15 is 0 Å². The molecule has 0 saturated heterocycles. The van der Waals surface area contributed by atoms with E-state index < -0.39 is 0 Å². The van der Waals surface area contributed by atoms with Crippen molar-refractivity contribution in [1.82, 2.24) is 9.55 Å². The van der Waals surface area contributed by atoms with Crippen LogP contribution in [0.1, 0.15) is 44.5 Å². The first-order chi connectivity index (χ1) is 6.81. The van der Waals surface area contributed by atoms with Crippen LogP contribution < -0.4 is 5.73 Å². The van der Waals surface area contributed by atoms with Crippen LogP contribution in [0.2, 0.25) is 0 Å². The van der Waals surface area contributed by atoms with Crippen LogP contribution in [0.5, 0.6) is 0 Å². The molecule has 1 saturated carbocycles. The number of nitrogens with two attached hydrogens (primary N) is 1. The highest BCUT2D eigenvalue weighted by atomic mass is 15.1. The Hall–Kier alpha value is -0.830. The minimum atomic E-state index is 0.555. The number of hydrogen-bond acceptors (Lipinski definition) is 2. The van der Waals surface area contributed by atoms with E-state index in [4.69, 9.17) is 5.73 Å². The largest absolute Gasteiger partial charge is 0.331 e. The normalized spacial score (nSPS) is 27.9. The molecule has 1 aliphatic rings. The van der Waals surface area contributed by atoms with Gasteiger partial charge in [0.05, 0.1) is 6.54 Å². The van der Waals surface area contributed by atoms with Gasteiger partial charge < -0.3 is 10.3 Å². The topological polar surface area (TPSA) is 43.8 Å². The molecule has 0 spiro atoms. The molecule has 0 aliphatic heterocycles. The summed E-state index contributed by atoms with van der Waals surface area (Å²) in [4.78, 5) is 4.27. The maximum atomic E-state index is 5.65. The van der Waals surface area contributed by atoms with E-state index in [9.17, 15) is 0 Å². The summed E-state index contributed by atoms with van der Waals surface area (Å²) in [6.07, 6.45) is 9.18. The van der Waals surface area contributed by atoms with E-state index in [0.717, 1.165) is 11.7 Å². The molecule has 1 fully saturated rings. The van der Waals surface area contributed by atoms with E-state index in [1.807, 2.05) is 6.20 Å². The van der Waals surface area contributed by atoms with Gasteiger partial charge in [0.1, 0.15) is 5.82 Å². The summed E-state index contributed by atoms with van der Waals surface area (Å²) < 4.78 is 2.27. The van der Waals surface area contributed by atoms with E-state index in [-0.39, 0.29) is 0 Å². The molecule has 0 unspecified atom stereocenters. The lowest BCUT2D eigenvalue weighted by Gasteiger charge is -2.28. The third kappa shape index (κ3) is 1.82. The van der Waals surface area contributed by atoms with Crippen LogP contribution in [0.4, 0.5) is 0 Å². The lowest BCUT2D eigenvalue weighted by Crippen LogP contribution is -2.19. The molecule has 78 valence electrons. The van der Waals surface area contributed by atoms with Crippen LogP contribution >= 0.6 is 0 Å². The predicted octanol–water partition coefficient (Wildman–Crippen LogP) is 2.09. The van der Waals surface area contributed by atoms with Crippen LogP contribution in [0.3, 0.4) is 0 Å². The Balaban J connectivity index is 2.08. The van der Waals surface area contributed by atoms with Crippen molar-refractivity contribution in [1.29, 1.82) is 0 Å². The molecule has 0 bridgehead atoms. The predicted molar refractivity (Wildman–Crippen MR) is 56.8 cm³/mol. The molecule has 0 atom stereocenters. The van der Waals surface area contributed by atoms with Crippen molar-refractivity contribution in [2.24, 2.45) is 11.7 Å². The van der Waals surface area contributed by atoms with Gasteiger partial charge in [0.25, 0.3) is 0 Å². The van der Waals surface area contributed by atoms with E-state index in [1.165, 1.54) is 25.7 Å². The number of imidazole rings is 1. The van der Waals surface area contributed by atoms with Crippen LogP contribution in [0, 0.1) is 5.92 Å². The standard InChI is InChI=1S/C11H19N3/c1-9-2-4-10(5-3-9)14-7-6-13-11(14)8-12/h6-7,9-10H,2-5,8,12H2,1H3. The third-order valence-electron chi connectivity index (χ3n) is 3.31. The van der Waals surface area contributed by atoms with E-state index in [2.05, 4.69) is 22.7 Å². The Bertz CT molecular complexity index is 284. The molecular weight excluding hydrogens is 174 g/mol. The second kappa shape index (κ2) is 4.13. The first-order valence-corrected chi connectivity index (χ1v) is 5.53. The monoisotopic (exact) mass is 193 g/mol. The molecular formula is C11H19N3. The van der Waals surface area contributed by atoms with Gasteiger partial charge in [-0.15, -0.1) is 0 Å². The van der Waals surface area contributed by atoms with Gasteiger partial charge in [-0.2, -0.15) is 0 Å². The summed E-state index contributed by atoms with van der Waals surface area (Å²) in [5.41, 5.74) is 5.65. The molecule has 2 N–H and O–H groups in total. The molecule has 2 rings (SSSR count). The molecule has 0 aromatic carbocycles. The fourth-order valence-electron chi connectivity index (χ4n) is 2.36. The summed E-state index contributed by atoms with van der Waals surface area (Å²) in [6.45, 7) is 2.90. The Morgan fingerprint density at radius 3 is 2.79 bits per heavy atom. The summed E-state index contributed by atoms with van der Waals surface area (Å²) in [5, 5.41) is 0. The van der Waals surface area contributed by atoms with E-state index in [0.29, 0.717) is 12.6 Å². The Labute approximate surface area is 85.3 Å². The van der Waals surface area contributed by atoms with Crippen molar-refractivity contribution < 1.29 is 0 Å². The van der Waals surface area contributed by atoms with Gasteiger partial charge in [-0.05, 0) is 31.6 Å². The average Bonchev–Trinajstić information content (AvgIpc) is 2.67. The Morgan fingerprint density at radius 2 is 2.14 bits per heavy atom.